The van der Waals surface area contributed by atoms with E-state index in [1.807, 2.05) is 0 Å². The van der Waals surface area contributed by atoms with Gasteiger partial charge in [-0.2, -0.15) is 0 Å². The molecule has 3 atom stereocenters. The lowest BCUT2D eigenvalue weighted by Gasteiger charge is -2.23. The third-order valence-electron chi connectivity index (χ3n) is 8.08. The lowest BCUT2D eigenvalue weighted by Crippen LogP contribution is -2.46. The predicted octanol–water partition coefficient (Wildman–Crippen LogP) is 8.92. The van der Waals surface area contributed by atoms with Crippen LogP contribution in [0.2, 0.25) is 0 Å². The molecule has 0 bridgehead atoms. The highest BCUT2D eigenvalue weighted by Gasteiger charge is 2.21. The first-order valence-corrected chi connectivity index (χ1v) is 17.5. The van der Waals surface area contributed by atoms with E-state index in [1.54, 1.807) is 0 Å². The van der Waals surface area contributed by atoms with Crippen molar-refractivity contribution in [2.75, 3.05) is 6.61 Å². The molecule has 0 saturated heterocycles. The summed E-state index contributed by atoms with van der Waals surface area (Å²) < 4.78 is 0. The molecule has 0 aliphatic rings. The van der Waals surface area contributed by atoms with Crippen molar-refractivity contribution in [1.82, 2.24) is 5.32 Å². The van der Waals surface area contributed by atoms with Gasteiger partial charge in [0.1, 0.15) is 0 Å². The zero-order valence-corrected chi connectivity index (χ0v) is 26.7. The maximum Gasteiger partial charge on any atom is 0.222 e. The van der Waals surface area contributed by atoms with Gasteiger partial charge < -0.3 is 20.6 Å². The summed E-state index contributed by atoms with van der Waals surface area (Å²) in [5, 5.41) is 33.1. The van der Waals surface area contributed by atoms with Gasteiger partial charge >= 0.3 is 0 Å². The van der Waals surface area contributed by atoms with E-state index in [2.05, 4.69) is 31.3 Å². The number of amides is 1. The van der Waals surface area contributed by atoms with E-state index in [9.17, 15) is 20.1 Å². The van der Waals surface area contributed by atoms with E-state index >= 15 is 0 Å². The Labute approximate surface area is 249 Å². The summed E-state index contributed by atoms with van der Waals surface area (Å²) in [5.74, 6) is -0.294. The van der Waals surface area contributed by atoms with E-state index in [-0.39, 0.29) is 18.9 Å². The highest BCUT2D eigenvalue weighted by atomic mass is 16.3. The van der Waals surface area contributed by atoms with Gasteiger partial charge in [0, 0.05) is 0 Å². The SMILES string of the molecule is CCCCC/C=C\CCCCCC(O)CC(=O)NC(CO)C(O)CCCCCCCCCCCCCCCCC. The second kappa shape index (κ2) is 31.0. The molecule has 0 spiro atoms. The Morgan fingerprint density at radius 1 is 0.600 bits per heavy atom. The third-order valence-corrected chi connectivity index (χ3v) is 8.08. The lowest BCUT2D eigenvalue weighted by atomic mass is 10.0. The molecule has 5 heteroatoms. The molecule has 0 radical (unpaired) electrons. The van der Waals surface area contributed by atoms with E-state index in [0.717, 1.165) is 38.5 Å². The second-order valence-electron chi connectivity index (χ2n) is 12.1. The van der Waals surface area contributed by atoms with Gasteiger partial charge in [-0.3, -0.25) is 4.79 Å². The summed E-state index contributed by atoms with van der Waals surface area (Å²) in [4.78, 5) is 12.3. The van der Waals surface area contributed by atoms with Crippen molar-refractivity contribution in [3.05, 3.63) is 12.2 Å². The van der Waals surface area contributed by atoms with Gasteiger partial charge in [0.05, 0.1) is 31.3 Å². The number of carbonyl (C=O) groups is 1. The van der Waals surface area contributed by atoms with Gasteiger partial charge in [0.15, 0.2) is 0 Å². The Morgan fingerprint density at radius 3 is 1.50 bits per heavy atom. The maximum atomic E-state index is 12.3. The molecule has 3 unspecified atom stereocenters. The quantitative estimate of drug-likeness (QED) is 0.0497. The summed E-state index contributed by atoms with van der Waals surface area (Å²) in [6, 6.07) is -0.657. The van der Waals surface area contributed by atoms with Crippen LogP contribution in [0, 0.1) is 0 Å². The van der Waals surface area contributed by atoms with E-state index < -0.39 is 18.2 Å². The molecule has 0 aromatic rings. The average molecular weight is 568 g/mol. The van der Waals surface area contributed by atoms with Crippen LogP contribution in [0.3, 0.4) is 0 Å². The van der Waals surface area contributed by atoms with E-state index in [0.29, 0.717) is 12.8 Å². The van der Waals surface area contributed by atoms with Crippen molar-refractivity contribution in [3.8, 4) is 0 Å². The van der Waals surface area contributed by atoms with Gasteiger partial charge in [0.25, 0.3) is 0 Å². The van der Waals surface area contributed by atoms with Crippen LogP contribution in [0.1, 0.15) is 181 Å². The summed E-state index contributed by atoms with van der Waals surface area (Å²) >= 11 is 0. The van der Waals surface area contributed by atoms with Crippen molar-refractivity contribution >= 4 is 5.91 Å². The molecular formula is C35H69NO4. The van der Waals surface area contributed by atoms with Crippen LogP contribution in [0.15, 0.2) is 12.2 Å². The lowest BCUT2D eigenvalue weighted by molar-refractivity contribution is -0.125. The maximum absolute atomic E-state index is 12.3. The molecule has 1 amide bonds. The predicted molar refractivity (Wildman–Crippen MR) is 172 cm³/mol. The first-order chi connectivity index (χ1) is 19.5. The third kappa shape index (κ3) is 27.3. The largest absolute Gasteiger partial charge is 0.394 e. The molecule has 0 heterocycles. The second-order valence-corrected chi connectivity index (χ2v) is 12.1. The Balaban J connectivity index is 3.70. The van der Waals surface area contributed by atoms with E-state index in [1.165, 1.54) is 109 Å². The summed E-state index contributed by atoms with van der Waals surface area (Å²) in [5.41, 5.74) is 0. The number of aliphatic hydroxyl groups excluding tert-OH is 3. The fourth-order valence-electron chi connectivity index (χ4n) is 5.34. The minimum atomic E-state index is -0.747. The minimum Gasteiger partial charge on any atom is -0.394 e. The van der Waals surface area contributed by atoms with Crippen molar-refractivity contribution in [2.24, 2.45) is 0 Å². The van der Waals surface area contributed by atoms with Crippen LogP contribution >= 0.6 is 0 Å². The molecular weight excluding hydrogens is 498 g/mol. The van der Waals surface area contributed by atoms with Gasteiger partial charge in [-0.05, 0) is 38.5 Å². The van der Waals surface area contributed by atoms with Crippen molar-refractivity contribution < 1.29 is 20.1 Å². The molecule has 0 rings (SSSR count). The zero-order valence-electron chi connectivity index (χ0n) is 26.7. The van der Waals surface area contributed by atoms with Crippen molar-refractivity contribution in [3.63, 3.8) is 0 Å². The molecule has 5 nitrogen and oxygen atoms in total. The number of hydrogen-bond donors (Lipinski definition) is 4. The summed E-state index contributed by atoms with van der Waals surface area (Å²) in [6.45, 7) is 4.21. The molecule has 0 aliphatic carbocycles. The highest BCUT2D eigenvalue weighted by Crippen LogP contribution is 2.15. The highest BCUT2D eigenvalue weighted by molar-refractivity contribution is 5.76. The smallest absolute Gasteiger partial charge is 0.222 e. The van der Waals surface area contributed by atoms with Crippen LogP contribution in [0.4, 0.5) is 0 Å². The average Bonchev–Trinajstić information content (AvgIpc) is 2.94. The first-order valence-electron chi connectivity index (χ1n) is 17.5. The molecule has 0 aromatic carbocycles. The molecule has 0 fully saturated rings. The first kappa shape index (κ1) is 39.1. The fraction of sp³-hybridized carbons (Fsp3) is 0.914. The van der Waals surface area contributed by atoms with Crippen LogP contribution in [-0.2, 0) is 4.79 Å². The summed E-state index contributed by atoms with van der Waals surface area (Å²) in [7, 11) is 0. The van der Waals surface area contributed by atoms with Crippen LogP contribution in [-0.4, -0.2) is 46.1 Å². The molecule has 4 N–H and O–H groups in total. The Morgan fingerprint density at radius 2 is 1.00 bits per heavy atom. The number of allylic oxidation sites excluding steroid dienone is 2. The molecule has 0 aliphatic heterocycles. The van der Waals surface area contributed by atoms with Gasteiger partial charge in [-0.25, -0.2) is 0 Å². The van der Waals surface area contributed by atoms with Crippen LogP contribution in [0.5, 0.6) is 0 Å². The Hall–Kier alpha value is -0.910. The normalized spacial score (nSPS) is 14.0. The topological polar surface area (TPSA) is 89.8 Å². The van der Waals surface area contributed by atoms with Gasteiger partial charge in [-0.15, -0.1) is 0 Å². The number of nitrogens with one attached hydrogen (secondary N) is 1. The molecule has 40 heavy (non-hydrogen) atoms. The van der Waals surface area contributed by atoms with Crippen LogP contribution < -0.4 is 5.32 Å². The molecule has 238 valence electrons. The Kier molecular flexibility index (Phi) is 30.3. The van der Waals surface area contributed by atoms with Crippen LogP contribution in [0.25, 0.3) is 0 Å². The number of hydrogen-bond acceptors (Lipinski definition) is 4. The molecule has 0 saturated carbocycles. The van der Waals surface area contributed by atoms with Gasteiger partial charge in [0.2, 0.25) is 5.91 Å². The number of rotatable bonds is 31. The zero-order chi connectivity index (χ0) is 29.5. The van der Waals surface area contributed by atoms with Gasteiger partial charge in [-0.1, -0.05) is 148 Å². The number of unbranched alkanes of at least 4 members (excludes halogenated alkanes) is 20. The fourth-order valence-corrected chi connectivity index (χ4v) is 5.34. The minimum absolute atomic E-state index is 0.0273. The molecule has 0 aromatic heterocycles. The Bertz CT molecular complexity index is 554. The number of carbonyl (C=O) groups excluding carboxylic acids is 1. The van der Waals surface area contributed by atoms with Crippen molar-refractivity contribution in [2.45, 2.75) is 199 Å². The standard InChI is InChI=1S/C35H69NO4/c1-3-5-7-9-11-13-15-16-17-18-19-21-23-25-27-29-34(39)33(31-37)36-35(40)30-32(38)28-26-24-22-20-14-12-10-8-6-4-2/h12,14,32-34,37-39H,3-11,13,15-31H2,1-2H3,(H,36,40)/b14-12-. The number of aliphatic hydroxyl groups is 3. The summed E-state index contributed by atoms with van der Waals surface area (Å²) in [6.07, 6.45) is 33.0. The van der Waals surface area contributed by atoms with Crippen molar-refractivity contribution in [1.29, 1.82) is 0 Å². The van der Waals surface area contributed by atoms with E-state index in [4.69, 9.17) is 0 Å². The monoisotopic (exact) mass is 568 g/mol.